The first-order valence-corrected chi connectivity index (χ1v) is 5.37. The molecular weight excluding hydrogens is 184 g/mol. The molecule has 2 aliphatic rings. The molecule has 2 fully saturated rings. The van der Waals surface area contributed by atoms with Crippen molar-refractivity contribution in [1.82, 2.24) is 0 Å². The summed E-state index contributed by atoms with van der Waals surface area (Å²) in [5.74, 6) is 0. The van der Waals surface area contributed by atoms with E-state index in [-0.39, 0.29) is 24.9 Å². The van der Waals surface area contributed by atoms with Gasteiger partial charge in [0.05, 0.1) is 24.4 Å². The summed E-state index contributed by atoms with van der Waals surface area (Å²) in [6, 6.07) is 0. The van der Waals surface area contributed by atoms with E-state index in [1.54, 1.807) is 0 Å². The smallest absolute Gasteiger partial charge is 0.0862 e. The normalized spacial score (nSPS) is 43.3. The predicted molar refractivity (Wildman–Crippen MR) is 50.0 cm³/mol. The molecule has 4 nitrogen and oxygen atoms in total. The fourth-order valence-electron chi connectivity index (χ4n) is 2.28. The third-order valence-electron chi connectivity index (χ3n) is 3.05. The van der Waals surface area contributed by atoms with Gasteiger partial charge in [0, 0.05) is 19.6 Å². The molecule has 2 saturated heterocycles. The Balaban J connectivity index is 1.92. The van der Waals surface area contributed by atoms with Crippen LogP contribution in [-0.4, -0.2) is 47.8 Å². The lowest BCUT2D eigenvalue weighted by Crippen LogP contribution is -2.50. The summed E-state index contributed by atoms with van der Waals surface area (Å²) in [6.07, 6.45) is 2.71. The van der Waals surface area contributed by atoms with Crippen molar-refractivity contribution in [1.29, 1.82) is 0 Å². The Bertz CT molecular complexity index is 183. The molecule has 0 radical (unpaired) electrons. The van der Waals surface area contributed by atoms with Crippen LogP contribution in [0.4, 0.5) is 0 Å². The van der Waals surface area contributed by atoms with Crippen LogP contribution in [0, 0.1) is 0 Å². The van der Waals surface area contributed by atoms with Gasteiger partial charge < -0.3 is 19.7 Å². The van der Waals surface area contributed by atoms with Gasteiger partial charge in [-0.05, 0) is 19.3 Å². The Morgan fingerprint density at radius 1 is 1.29 bits per heavy atom. The van der Waals surface area contributed by atoms with E-state index in [4.69, 9.17) is 14.6 Å². The van der Waals surface area contributed by atoms with Crippen molar-refractivity contribution < 1.29 is 19.7 Å². The molecule has 0 amide bonds. The first kappa shape index (κ1) is 10.4. The number of hydrogen-bond donors (Lipinski definition) is 2. The average Bonchev–Trinajstić information content (AvgIpc) is 2.19. The third kappa shape index (κ3) is 2.08. The molecule has 2 N–H and O–H groups in total. The summed E-state index contributed by atoms with van der Waals surface area (Å²) >= 11 is 0. The molecular formula is C10H18O4. The zero-order valence-electron chi connectivity index (χ0n) is 8.26. The second-order valence-electron chi connectivity index (χ2n) is 4.08. The van der Waals surface area contributed by atoms with Gasteiger partial charge in [-0.3, -0.25) is 0 Å². The second kappa shape index (κ2) is 4.57. The highest BCUT2D eigenvalue weighted by atomic mass is 16.6. The minimum atomic E-state index is -0.485. The fraction of sp³-hybridized carbons (Fsp3) is 1.00. The van der Waals surface area contributed by atoms with Gasteiger partial charge in [-0.15, -0.1) is 0 Å². The number of aliphatic hydroxyl groups excluding tert-OH is 2. The summed E-state index contributed by atoms with van der Waals surface area (Å²) in [4.78, 5) is 0. The Morgan fingerprint density at radius 3 is 2.93 bits per heavy atom. The third-order valence-corrected chi connectivity index (χ3v) is 3.05. The molecule has 0 aromatic carbocycles. The summed E-state index contributed by atoms with van der Waals surface area (Å²) < 4.78 is 11.2. The quantitative estimate of drug-likeness (QED) is 0.665. The largest absolute Gasteiger partial charge is 0.396 e. The van der Waals surface area contributed by atoms with Crippen LogP contribution in [0.15, 0.2) is 0 Å². The summed E-state index contributed by atoms with van der Waals surface area (Å²) in [7, 11) is 0. The number of hydrogen-bond acceptors (Lipinski definition) is 4. The van der Waals surface area contributed by atoms with Gasteiger partial charge in [0.15, 0.2) is 0 Å². The van der Waals surface area contributed by atoms with Crippen LogP contribution in [0.5, 0.6) is 0 Å². The Labute approximate surface area is 83.8 Å². The lowest BCUT2D eigenvalue weighted by atomic mass is 9.93. The highest BCUT2D eigenvalue weighted by Crippen LogP contribution is 2.29. The summed E-state index contributed by atoms with van der Waals surface area (Å²) in [5.41, 5.74) is 0. The SMILES string of the molecule is OCC[C@@H]1O[C@@H]2CCCO[C@H]2C[C@H]1O. The van der Waals surface area contributed by atoms with E-state index in [1.807, 2.05) is 0 Å². The molecule has 2 aliphatic heterocycles. The molecule has 0 aromatic rings. The van der Waals surface area contributed by atoms with Crippen molar-refractivity contribution in [2.24, 2.45) is 0 Å². The number of rotatable bonds is 2. The van der Waals surface area contributed by atoms with E-state index in [1.165, 1.54) is 0 Å². The maximum atomic E-state index is 9.72. The van der Waals surface area contributed by atoms with Gasteiger partial charge in [-0.25, -0.2) is 0 Å². The van der Waals surface area contributed by atoms with E-state index < -0.39 is 6.10 Å². The first-order valence-electron chi connectivity index (χ1n) is 5.37. The molecule has 4 atom stereocenters. The number of fused-ring (bicyclic) bond motifs is 1. The van der Waals surface area contributed by atoms with Gasteiger partial charge >= 0.3 is 0 Å². The topological polar surface area (TPSA) is 58.9 Å². The van der Waals surface area contributed by atoms with Gasteiger partial charge in [0.1, 0.15) is 0 Å². The van der Waals surface area contributed by atoms with Gasteiger partial charge in [0.25, 0.3) is 0 Å². The molecule has 0 spiro atoms. The predicted octanol–water partition coefficient (Wildman–Crippen LogP) is 0.0662. The first-order chi connectivity index (χ1) is 6.81. The van der Waals surface area contributed by atoms with Crippen LogP contribution in [0.25, 0.3) is 0 Å². The highest BCUT2D eigenvalue weighted by molar-refractivity contribution is 4.87. The molecule has 14 heavy (non-hydrogen) atoms. The lowest BCUT2D eigenvalue weighted by Gasteiger charge is -2.41. The van der Waals surface area contributed by atoms with Crippen molar-refractivity contribution in [2.45, 2.75) is 50.1 Å². The Hall–Kier alpha value is -0.160. The van der Waals surface area contributed by atoms with Crippen LogP contribution < -0.4 is 0 Å². The van der Waals surface area contributed by atoms with Crippen LogP contribution >= 0.6 is 0 Å². The van der Waals surface area contributed by atoms with E-state index in [0.29, 0.717) is 12.8 Å². The number of ether oxygens (including phenoxy) is 2. The molecule has 2 rings (SSSR count). The van der Waals surface area contributed by atoms with Crippen LogP contribution in [0.3, 0.4) is 0 Å². The van der Waals surface area contributed by atoms with Crippen molar-refractivity contribution in [3.8, 4) is 0 Å². The molecule has 0 aliphatic carbocycles. The molecule has 2 heterocycles. The van der Waals surface area contributed by atoms with Gasteiger partial charge in [-0.2, -0.15) is 0 Å². The molecule has 0 saturated carbocycles. The van der Waals surface area contributed by atoms with E-state index in [0.717, 1.165) is 19.4 Å². The van der Waals surface area contributed by atoms with E-state index >= 15 is 0 Å². The van der Waals surface area contributed by atoms with Crippen molar-refractivity contribution in [3.05, 3.63) is 0 Å². The Kier molecular flexibility index (Phi) is 3.38. The lowest BCUT2D eigenvalue weighted by molar-refractivity contribution is -0.204. The fourth-order valence-corrected chi connectivity index (χ4v) is 2.28. The van der Waals surface area contributed by atoms with Crippen molar-refractivity contribution in [2.75, 3.05) is 13.2 Å². The molecule has 4 heteroatoms. The monoisotopic (exact) mass is 202 g/mol. The van der Waals surface area contributed by atoms with Crippen molar-refractivity contribution in [3.63, 3.8) is 0 Å². The average molecular weight is 202 g/mol. The molecule has 0 aromatic heterocycles. The van der Waals surface area contributed by atoms with E-state index in [9.17, 15) is 5.11 Å². The van der Waals surface area contributed by atoms with Gasteiger partial charge in [0.2, 0.25) is 0 Å². The van der Waals surface area contributed by atoms with Crippen LogP contribution in [-0.2, 0) is 9.47 Å². The molecule has 82 valence electrons. The van der Waals surface area contributed by atoms with Gasteiger partial charge in [-0.1, -0.05) is 0 Å². The molecule has 0 unspecified atom stereocenters. The van der Waals surface area contributed by atoms with Crippen LogP contribution in [0.2, 0.25) is 0 Å². The number of aliphatic hydroxyl groups is 2. The Morgan fingerprint density at radius 2 is 2.14 bits per heavy atom. The summed E-state index contributed by atoms with van der Waals surface area (Å²) in [5, 5.41) is 18.5. The standard InChI is InChI=1S/C10H18O4/c11-4-3-8-7(12)6-10-9(14-8)2-1-5-13-10/h7-12H,1-6H2/t7-,8+,9-,10+/m1/s1. The highest BCUT2D eigenvalue weighted by Gasteiger charge is 2.38. The van der Waals surface area contributed by atoms with Crippen molar-refractivity contribution >= 4 is 0 Å². The minimum absolute atomic E-state index is 0.0636. The maximum Gasteiger partial charge on any atom is 0.0862 e. The van der Waals surface area contributed by atoms with Crippen LogP contribution in [0.1, 0.15) is 25.7 Å². The zero-order valence-corrected chi connectivity index (χ0v) is 8.26. The molecule has 0 bridgehead atoms. The second-order valence-corrected chi connectivity index (χ2v) is 4.08. The van der Waals surface area contributed by atoms with E-state index in [2.05, 4.69) is 0 Å². The minimum Gasteiger partial charge on any atom is -0.396 e. The maximum absolute atomic E-state index is 9.72. The summed E-state index contributed by atoms with van der Waals surface area (Å²) in [6.45, 7) is 0.849. The zero-order chi connectivity index (χ0) is 9.97.